The van der Waals surface area contributed by atoms with E-state index in [0.717, 1.165) is 0 Å². The van der Waals surface area contributed by atoms with Gasteiger partial charge in [-0.25, -0.2) is 4.21 Å². The molecule has 0 aromatic rings. The lowest BCUT2D eigenvalue weighted by Gasteiger charge is -1.87. The van der Waals surface area contributed by atoms with Crippen molar-refractivity contribution in [2.45, 2.75) is 0 Å². The van der Waals surface area contributed by atoms with E-state index in [-0.39, 0.29) is 5.75 Å². The summed E-state index contributed by atoms with van der Waals surface area (Å²) in [6.07, 6.45) is 0. The topological polar surface area (TPSA) is 37.3 Å². The summed E-state index contributed by atoms with van der Waals surface area (Å²) >= 11 is 4.29. The minimum Gasteiger partial charge on any atom is -0.306 e. The van der Waals surface area contributed by atoms with Crippen molar-refractivity contribution in [3.05, 3.63) is 9.47 Å². The molecule has 1 N–H and O–H groups in total. The Hall–Kier alpha value is 0.810. The SMILES string of the molecule is O=S(O)CC(Br)=CBr. The Kier molecular flexibility index (Phi) is 5.14. The second kappa shape index (κ2) is 4.67. The van der Waals surface area contributed by atoms with Crippen LogP contribution in [0.5, 0.6) is 0 Å². The van der Waals surface area contributed by atoms with Crippen molar-refractivity contribution in [1.29, 1.82) is 0 Å². The lowest BCUT2D eigenvalue weighted by atomic mass is 10.8. The van der Waals surface area contributed by atoms with Crippen LogP contribution in [0.4, 0.5) is 0 Å². The molecule has 0 aromatic heterocycles. The largest absolute Gasteiger partial charge is 0.306 e. The van der Waals surface area contributed by atoms with Crippen LogP contribution < -0.4 is 0 Å². The highest BCUT2D eigenvalue weighted by Gasteiger charge is 1.94. The Morgan fingerprint density at radius 1 is 1.88 bits per heavy atom. The molecule has 0 spiro atoms. The maximum absolute atomic E-state index is 9.99. The smallest absolute Gasteiger partial charge is 0.157 e. The molecule has 48 valence electrons. The first-order valence-corrected chi connectivity index (χ1v) is 4.67. The van der Waals surface area contributed by atoms with Gasteiger partial charge in [-0.3, -0.25) is 0 Å². The third-order valence-electron chi connectivity index (χ3n) is 0.380. The van der Waals surface area contributed by atoms with E-state index in [1.165, 1.54) is 0 Å². The van der Waals surface area contributed by atoms with Gasteiger partial charge in [0.2, 0.25) is 0 Å². The number of halogens is 2. The summed E-state index contributed by atoms with van der Waals surface area (Å²) in [5.74, 6) is 0.144. The van der Waals surface area contributed by atoms with Gasteiger partial charge in [-0.05, 0) is 4.99 Å². The van der Waals surface area contributed by atoms with E-state index in [9.17, 15) is 4.21 Å². The Labute approximate surface area is 66.9 Å². The Morgan fingerprint density at radius 2 is 2.38 bits per heavy atom. The standard InChI is InChI=1S/C3H4Br2O2S/c4-1-3(5)2-8(6)7/h1H,2H2,(H,6,7). The molecule has 0 heterocycles. The molecule has 5 heteroatoms. The van der Waals surface area contributed by atoms with Gasteiger partial charge in [0.1, 0.15) is 0 Å². The predicted molar refractivity (Wildman–Crippen MR) is 41.6 cm³/mol. The van der Waals surface area contributed by atoms with E-state index in [0.29, 0.717) is 4.48 Å². The van der Waals surface area contributed by atoms with Gasteiger partial charge in [0.05, 0.1) is 5.75 Å². The first-order chi connectivity index (χ1) is 3.66. The number of rotatable bonds is 2. The van der Waals surface area contributed by atoms with Crippen LogP contribution in [-0.4, -0.2) is 14.5 Å². The highest BCUT2D eigenvalue weighted by Crippen LogP contribution is 2.07. The molecule has 0 saturated carbocycles. The molecule has 0 radical (unpaired) electrons. The van der Waals surface area contributed by atoms with Crippen LogP contribution in [0.1, 0.15) is 0 Å². The van der Waals surface area contributed by atoms with E-state index in [1.807, 2.05) is 0 Å². The molecule has 0 aliphatic heterocycles. The van der Waals surface area contributed by atoms with Gasteiger partial charge in [0.25, 0.3) is 0 Å². The predicted octanol–water partition coefficient (Wildman–Crippen LogP) is 1.84. The van der Waals surface area contributed by atoms with Crippen molar-refractivity contribution >= 4 is 42.9 Å². The summed E-state index contributed by atoms with van der Waals surface area (Å²) in [6, 6.07) is 0. The summed E-state index contributed by atoms with van der Waals surface area (Å²) in [5.41, 5.74) is 0. The summed E-state index contributed by atoms with van der Waals surface area (Å²) < 4.78 is 18.9. The lowest BCUT2D eigenvalue weighted by Crippen LogP contribution is -1.92. The number of hydrogen-bond donors (Lipinski definition) is 1. The molecule has 0 aromatic carbocycles. The Morgan fingerprint density at radius 3 is 2.50 bits per heavy atom. The minimum atomic E-state index is -1.74. The summed E-state index contributed by atoms with van der Waals surface area (Å²) in [6.45, 7) is 0. The summed E-state index contributed by atoms with van der Waals surface area (Å²) in [5, 5.41) is 0. The third-order valence-corrected chi connectivity index (χ3v) is 2.99. The third kappa shape index (κ3) is 4.96. The van der Waals surface area contributed by atoms with Crippen LogP contribution in [0.15, 0.2) is 9.47 Å². The highest BCUT2D eigenvalue weighted by molar-refractivity contribution is 9.14. The number of hydrogen-bond acceptors (Lipinski definition) is 1. The van der Waals surface area contributed by atoms with Crippen LogP contribution >= 0.6 is 31.9 Å². The van der Waals surface area contributed by atoms with Crippen molar-refractivity contribution in [1.82, 2.24) is 0 Å². The quantitative estimate of drug-likeness (QED) is 0.772. The molecule has 1 atom stereocenters. The molecule has 0 aliphatic rings. The van der Waals surface area contributed by atoms with Crippen LogP contribution in [0, 0.1) is 0 Å². The second-order valence-electron chi connectivity index (χ2n) is 1.02. The van der Waals surface area contributed by atoms with Gasteiger partial charge in [-0.1, -0.05) is 31.9 Å². The maximum atomic E-state index is 9.99. The average Bonchev–Trinajstić information content (AvgIpc) is 1.65. The van der Waals surface area contributed by atoms with Gasteiger partial charge in [0, 0.05) is 4.48 Å². The van der Waals surface area contributed by atoms with E-state index >= 15 is 0 Å². The first-order valence-electron chi connectivity index (χ1n) is 1.69. The molecule has 2 nitrogen and oxygen atoms in total. The fourth-order valence-electron chi connectivity index (χ4n) is 0.149. The van der Waals surface area contributed by atoms with E-state index in [4.69, 9.17) is 4.55 Å². The normalized spacial score (nSPS) is 16.1. The molecule has 0 aliphatic carbocycles. The van der Waals surface area contributed by atoms with Crippen molar-refractivity contribution in [3.63, 3.8) is 0 Å². The average molecular weight is 264 g/mol. The lowest BCUT2D eigenvalue weighted by molar-refractivity contribution is 0.567. The summed E-state index contributed by atoms with van der Waals surface area (Å²) in [7, 11) is 0. The van der Waals surface area contributed by atoms with Crippen molar-refractivity contribution in [2.24, 2.45) is 0 Å². The maximum Gasteiger partial charge on any atom is 0.157 e. The molecule has 0 saturated heterocycles. The van der Waals surface area contributed by atoms with Crippen LogP contribution in [0.2, 0.25) is 0 Å². The van der Waals surface area contributed by atoms with Crippen molar-refractivity contribution < 1.29 is 8.76 Å². The van der Waals surface area contributed by atoms with E-state index in [1.54, 1.807) is 4.99 Å². The fourth-order valence-corrected chi connectivity index (χ4v) is 1.43. The van der Waals surface area contributed by atoms with Gasteiger partial charge in [-0.2, -0.15) is 0 Å². The molecule has 8 heavy (non-hydrogen) atoms. The van der Waals surface area contributed by atoms with Gasteiger partial charge in [-0.15, -0.1) is 0 Å². The molecule has 1 unspecified atom stereocenters. The second-order valence-corrected chi connectivity index (χ2v) is 3.43. The first kappa shape index (κ1) is 8.81. The molecular formula is C3H4Br2O2S. The Balaban J connectivity index is 3.56. The molecule has 0 amide bonds. The van der Waals surface area contributed by atoms with Gasteiger partial charge in [0.15, 0.2) is 11.1 Å². The minimum absolute atomic E-state index is 0.144. The van der Waals surface area contributed by atoms with E-state index in [2.05, 4.69) is 31.9 Å². The molecule has 0 rings (SSSR count). The molecular weight excluding hydrogens is 260 g/mol. The zero-order valence-electron chi connectivity index (χ0n) is 3.80. The zero-order chi connectivity index (χ0) is 6.57. The van der Waals surface area contributed by atoms with E-state index < -0.39 is 11.1 Å². The highest BCUT2D eigenvalue weighted by atomic mass is 79.9. The summed E-state index contributed by atoms with van der Waals surface area (Å²) in [4.78, 5) is 1.56. The monoisotopic (exact) mass is 262 g/mol. The van der Waals surface area contributed by atoms with Crippen LogP contribution in [-0.2, 0) is 11.1 Å². The van der Waals surface area contributed by atoms with Crippen molar-refractivity contribution in [3.8, 4) is 0 Å². The van der Waals surface area contributed by atoms with Crippen LogP contribution in [0.3, 0.4) is 0 Å². The van der Waals surface area contributed by atoms with Crippen molar-refractivity contribution in [2.75, 3.05) is 5.75 Å². The van der Waals surface area contributed by atoms with Gasteiger partial charge >= 0.3 is 0 Å². The van der Waals surface area contributed by atoms with Gasteiger partial charge < -0.3 is 4.55 Å². The molecule has 0 fully saturated rings. The molecule has 0 bridgehead atoms. The van der Waals surface area contributed by atoms with Crippen LogP contribution in [0.25, 0.3) is 0 Å². The fraction of sp³-hybridized carbons (Fsp3) is 0.333. The Bertz CT molecular complexity index is 122. The zero-order valence-corrected chi connectivity index (χ0v) is 7.79.